The lowest BCUT2D eigenvalue weighted by atomic mass is 10.0. The zero-order valence-electron chi connectivity index (χ0n) is 13.7. The molecular weight excluding hydrogens is 314 g/mol. The number of carboxylic acid groups (broad SMARTS) is 1. The fourth-order valence-corrected chi connectivity index (χ4v) is 2.53. The summed E-state index contributed by atoms with van der Waals surface area (Å²) < 4.78 is 5.25. The van der Waals surface area contributed by atoms with E-state index in [2.05, 4.69) is 5.32 Å². The molecule has 0 unspecified atom stereocenters. The first kappa shape index (κ1) is 17.5. The monoisotopic (exact) mass is 333 g/mol. The van der Waals surface area contributed by atoms with E-state index in [9.17, 15) is 19.5 Å². The minimum Gasteiger partial charge on any atom is -0.508 e. The molecule has 0 spiro atoms. The molecule has 0 aliphatic carbocycles. The van der Waals surface area contributed by atoms with Gasteiger partial charge < -0.3 is 19.9 Å². The van der Waals surface area contributed by atoms with Crippen LogP contribution in [0.3, 0.4) is 0 Å². The molecule has 1 heterocycles. The normalized spacial score (nSPS) is 12.1. The summed E-state index contributed by atoms with van der Waals surface area (Å²) >= 11 is 0. The lowest BCUT2D eigenvalue weighted by molar-refractivity contribution is -0.141. The molecule has 2 aromatic rings. The maximum Gasteiger partial charge on any atom is 0.340 e. The summed E-state index contributed by atoms with van der Waals surface area (Å²) in [5.41, 5.74) is 0.791. The predicted octanol–water partition coefficient (Wildman–Crippen LogP) is 1.64. The highest BCUT2D eigenvalue weighted by Gasteiger charge is 2.21. The number of carbonyl (C=O) groups is 2. The summed E-state index contributed by atoms with van der Waals surface area (Å²) in [6.45, 7) is 4.96. The third-order valence-electron chi connectivity index (χ3n) is 4.05. The number of aryl methyl sites for hydroxylation is 2. The average Bonchev–Trinajstić information content (AvgIpc) is 2.52. The van der Waals surface area contributed by atoms with E-state index in [1.165, 1.54) is 6.07 Å². The van der Waals surface area contributed by atoms with Gasteiger partial charge >= 0.3 is 11.6 Å². The van der Waals surface area contributed by atoms with Crippen LogP contribution in [0.25, 0.3) is 11.0 Å². The predicted molar refractivity (Wildman–Crippen MR) is 87.2 cm³/mol. The smallest absolute Gasteiger partial charge is 0.340 e. The quantitative estimate of drug-likeness (QED) is 0.716. The first-order valence-electron chi connectivity index (χ1n) is 7.53. The standard InChI is InChI=1S/C17H19NO6/c1-4-12(16(21)22)18-14(20)7-11-8(2)10-5-6-13(19)9(3)15(10)24-17(11)23/h5-6,12,19H,4,7H2,1-3H3,(H,18,20)(H,21,22)/t12-/m1/s1. The van der Waals surface area contributed by atoms with Crippen LogP contribution < -0.4 is 10.9 Å². The number of rotatable bonds is 5. The number of carboxylic acids is 1. The molecule has 128 valence electrons. The summed E-state index contributed by atoms with van der Waals surface area (Å²) in [5.74, 6) is -1.67. The van der Waals surface area contributed by atoms with Crippen molar-refractivity contribution < 1.29 is 24.2 Å². The molecule has 0 saturated heterocycles. The highest BCUT2D eigenvalue weighted by molar-refractivity contribution is 5.88. The maximum absolute atomic E-state index is 12.2. The van der Waals surface area contributed by atoms with Crippen LogP contribution in [0.2, 0.25) is 0 Å². The Labute approximate surface area is 137 Å². The van der Waals surface area contributed by atoms with Crippen molar-refractivity contribution in [3.05, 3.63) is 39.2 Å². The number of hydrogen-bond acceptors (Lipinski definition) is 5. The van der Waals surface area contributed by atoms with Gasteiger partial charge in [-0.3, -0.25) is 4.79 Å². The van der Waals surface area contributed by atoms with E-state index >= 15 is 0 Å². The van der Waals surface area contributed by atoms with Crippen molar-refractivity contribution in [1.82, 2.24) is 5.32 Å². The van der Waals surface area contributed by atoms with E-state index in [4.69, 9.17) is 9.52 Å². The van der Waals surface area contributed by atoms with E-state index in [1.54, 1.807) is 26.8 Å². The summed E-state index contributed by atoms with van der Waals surface area (Å²) in [6.07, 6.45) is -0.0291. The number of fused-ring (bicyclic) bond motifs is 1. The van der Waals surface area contributed by atoms with Gasteiger partial charge in [-0.1, -0.05) is 6.92 Å². The lowest BCUT2D eigenvalue weighted by Crippen LogP contribution is -2.41. The van der Waals surface area contributed by atoms with Crippen molar-refractivity contribution in [2.75, 3.05) is 0 Å². The van der Waals surface area contributed by atoms with E-state index in [-0.39, 0.29) is 29.7 Å². The van der Waals surface area contributed by atoms with Crippen LogP contribution in [0, 0.1) is 13.8 Å². The molecule has 0 bridgehead atoms. The Morgan fingerprint density at radius 2 is 1.92 bits per heavy atom. The number of amides is 1. The van der Waals surface area contributed by atoms with Gasteiger partial charge in [-0.15, -0.1) is 0 Å². The van der Waals surface area contributed by atoms with Gasteiger partial charge in [0.05, 0.1) is 12.0 Å². The SMILES string of the molecule is CC[C@@H](NC(=O)Cc1c(C)c2ccc(O)c(C)c2oc1=O)C(=O)O. The van der Waals surface area contributed by atoms with Gasteiger partial charge in [0, 0.05) is 10.9 Å². The van der Waals surface area contributed by atoms with Crippen LogP contribution in [-0.4, -0.2) is 28.1 Å². The molecule has 1 aromatic carbocycles. The zero-order chi connectivity index (χ0) is 18.0. The Hall–Kier alpha value is -2.83. The van der Waals surface area contributed by atoms with Gasteiger partial charge in [0.25, 0.3) is 0 Å². The molecule has 1 aromatic heterocycles. The second-order valence-corrected chi connectivity index (χ2v) is 5.62. The molecule has 1 atom stereocenters. The highest BCUT2D eigenvalue weighted by Crippen LogP contribution is 2.28. The van der Waals surface area contributed by atoms with Crippen molar-refractivity contribution in [3.63, 3.8) is 0 Å². The Bertz CT molecular complexity index is 867. The Balaban J connectivity index is 2.40. The summed E-state index contributed by atoms with van der Waals surface area (Å²) in [4.78, 5) is 35.2. The number of carbonyl (C=O) groups excluding carboxylic acids is 1. The van der Waals surface area contributed by atoms with Crippen molar-refractivity contribution in [3.8, 4) is 5.75 Å². The molecule has 7 heteroatoms. The van der Waals surface area contributed by atoms with Crippen molar-refractivity contribution >= 4 is 22.8 Å². The largest absolute Gasteiger partial charge is 0.508 e. The van der Waals surface area contributed by atoms with Gasteiger partial charge in [-0.2, -0.15) is 0 Å². The third kappa shape index (κ3) is 3.24. The number of phenols is 1. The van der Waals surface area contributed by atoms with Crippen LogP contribution in [0.1, 0.15) is 30.0 Å². The minimum atomic E-state index is -1.13. The van der Waals surface area contributed by atoms with Crippen LogP contribution in [0.5, 0.6) is 5.75 Å². The topological polar surface area (TPSA) is 117 Å². The molecule has 3 N–H and O–H groups in total. The molecular formula is C17H19NO6. The Morgan fingerprint density at radius 3 is 2.50 bits per heavy atom. The van der Waals surface area contributed by atoms with Crippen molar-refractivity contribution in [2.24, 2.45) is 0 Å². The van der Waals surface area contributed by atoms with Gasteiger partial charge in [0.1, 0.15) is 17.4 Å². The zero-order valence-corrected chi connectivity index (χ0v) is 13.7. The van der Waals surface area contributed by atoms with Gasteiger partial charge in [-0.25, -0.2) is 9.59 Å². The summed E-state index contributed by atoms with van der Waals surface area (Å²) in [5, 5.41) is 21.7. The van der Waals surface area contributed by atoms with Crippen LogP contribution in [0.15, 0.2) is 21.3 Å². The number of phenolic OH excluding ortho intramolecular Hbond substituents is 1. The minimum absolute atomic E-state index is 0.0165. The Morgan fingerprint density at radius 1 is 1.25 bits per heavy atom. The van der Waals surface area contributed by atoms with Crippen LogP contribution in [0.4, 0.5) is 0 Å². The number of hydrogen-bond donors (Lipinski definition) is 3. The first-order chi connectivity index (χ1) is 11.3. The van der Waals surface area contributed by atoms with E-state index in [0.717, 1.165) is 0 Å². The number of nitrogens with one attached hydrogen (secondary N) is 1. The molecule has 1 amide bonds. The van der Waals surface area contributed by atoms with Crippen molar-refractivity contribution in [1.29, 1.82) is 0 Å². The summed E-state index contributed by atoms with van der Waals surface area (Å²) in [7, 11) is 0. The fraction of sp³-hybridized carbons (Fsp3) is 0.353. The van der Waals surface area contributed by atoms with E-state index < -0.39 is 23.5 Å². The highest BCUT2D eigenvalue weighted by atomic mass is 16.4. The summed E-state index contributed by atoms with van der Waals surface area (Å²) in [6, 6.07) is 2.11. The van der Waals surface area contributed by atoms with E-state index in [0.29, 0.717) is 16.5 Å². The number of aliphatic carboxylic acids is 1. The molecule has 24 heavy (non-hydrogen) atoms. The molecule has 7 nitrogen and oxygen atoms in total. The molecule has 2 rings (SSSR count). The average molecular weight is 333 g/mol. The second kappa shape index (κ2) is 6.74. The third-order valence-corrected chi connectivity index (χ3v) is 4.05. The van der Waals surface area contributed by atoms with E-state index in [1.807, 2.05) is 0 Å². The molecule has 0 fully saturated rings. The fourth-order valence-electron chi connectivity index (χ4n) is 2.53. The number of aromatic hydroxyl groups is 1. The van der Waals surface area contributed by atoms with Crippen LogP contribution >= 0.6 is 0 Å². The first-order valence-corrected chi connectivity index (χ1v) is 7.53. The van der Waals surface area contributed by atoms with Crippen LogP contribution in [-0.2, 0) is 16.0 Å². The second-order valence-electron chi connectivity index (χ2n) is 5.62. The van der Waals surface area contributed by atoms with Gasteiger partial charge in [-0.05, 0) is 38.0 Å². The molecule has 0 aliphatic rings. The van der Waals surface area contributed by atoms with Gasteiger partial charge in [0.15, 0.2) is 0 Å². The number of benzene rings is 1. The lowest BCUT2D eigenvalue weighted by Gasteiger charge is -2.13. The molecule has 0 radical (unpaired) electrons. The van der Waals surface area contributed by atoms with Crippen molar-refractivity contribution in [2.45, 2.75) is 39.7 Å². The molecule has 0 aliphatic heterocycles. The maximum atomic E-state index is 12.2. The molecule has 0 saturated carbocycles. The van der Waals surface area contributed by atoms with Gasteiger partial charge in [0.2, 0.25) is 5.91 Å². The Kier molecular flexibility index (Phi) is 4.92.